The van der Waals surface area contributed by atoms with Crippen LogP contribution in [0.5, 0.6) is 0 Å². The number of nitriles is 1. The molecule has 35 heavy (non-hydrogen) atoms. The predicted molar refractivity (Wildman–Crippen MR) is 126 cm³/mol. The van der Waals surface area contributed by atoms with Gasteiger partial charge in [0.15, 0.2) is 0 Å². The summed E-state index contributed by atoms with van der Waals surface area (Å²) >= 11 is 0. The summed E-state index contributed by atoms with van der Waals surface area (Å²) in [5.41, 5.74) is 0.473. The zero-order chi connectivity index (χ0) is 24.9. The molecule has 0 N–H and O–H groups in total. The molecule has 188 valence electrons. The van der Waals surface area contributed by atoms with Crippen LogP contribution in [0.15, 0.2) is 42.7 Å². The first-order valence-electron chi connectivity index (χ1n) is 11.9. The Balaban J connectivity index is 1.51. The molecular weight excluding hydrogens is 457 g/mol. The molecule has 0 aliphatic carbocycles. The minimum absolute atomic E-state index is 0.0336. The number of pyridine rings is 1. The summed E-state index contributed by atoms with van der Waals surface area (Å²) in [6.07, 6.45) is 0.940. The molecule has 3 heterocycles. The second-order valence-electron chi connectivity index (χ2n) is 9.48. The van der Waals surface area contributed by atoms with Crippen LogP contribution in [0.4, 0.5) is 18.9 Å². The maximum atomic E-state index is 13.6. The molecule has 1 unspecified atom stereocenters. The number of alkyl halides is 3. The van der Waals surface area contributed by atoms with Crippen LogP contribution in [0.2, 0.25) is 0 Å². The molecule has 6 nitrogen and oxygen atoms in total. The summed E-state index contributed by atoms with van der Waals surface area (Å²) < 4.78 is 51.7. The number of benzene rings is 1. The van der Waals surface area contributed by atoms with Crippen molar-refractivity contribution in [2.24, 2.45) is 11.3 Å². The summed E-state index contributed by atoms with van der Waals surface area (Å²) in [4.78, 5) is 8.55. The summed E-state index contributed by atoms with van der Waals surface area (Å²) in [5.74, 6) is 0.201. The fourth-order valence-corrected chi connectivity index (χ4v) is 5.36. The van der Waals surface area contributed by atoms with E-state index >= 15 is 0 Å². The van der Waals surface area contributed by atoms with Gasteiger partial charge in [0.05, 0.1) is 37.0 Å². The van der Waals surface area contributed by atoms with E-state index in [0.717, 1.165) is 38.5 Å². The van der Waals surface area contributed by atoms with Gasteiger partial charge >= 0.3 is 6.18 Å². The monoisotopic (exact) mass is 488 g/mol. The van der Waals surface area contributed by atoms with Crippen molar-refractivity contribution in [2.45, 2.75) is 25.6 Å². The van der Waals surface area contributed by atoms with Crippen molar-refractivity contribution in [3.8, 4) is 6.07 Å². The summed E-state index contributed by atoms with van der Waals surface area (Å²) in [6.45, 7) is 5.56. The van der Waals surface area contributed by atoms with E-state index in [1.807, 2.05) is 17.0 Å². The Kier molecular flexibility index (Phi) is 7.95. The van der Waals surface area contributed by atoms with Crippen LogP contribution in [-0.4, -0.2) is 63.0 Å². The Morgan fingerprint density at radius 3 is 2.54 bits per heavy atom. The number of ether oxygens (including phenoxy) is 2. The lowest BCUT2D eigenvalue weighted by Crippen LogP contribution is -2.45. The highest BCUT2D eigenvalue weighted by molar-refractivity contribution is 5.56. The van der Waals surface area contributed by atoms with Gasteiger partial charge in [0, 0.05) is 50.7 Å². The first kappa shape index (κ1) is 25.4. The molecule has 1 aromatic heterocycles. The SMILES string of the molecule is COCCOCC1CN(c2ccc(C#N)c(C(F)(F)F)c2)CC12CCN(Cc1ccncc1)CC2. The number of hydrogen-bond donors (Lipinski definition) is 0. The van der Waals surface area contributed by atoms with Crippen LogP contribution in [0.3, 0.4) is 0 Å². The number of likely N-dealkylation sites (tertiary alicyclic amines) is 1. The molecule has 1 aromatic carbocycles. The highest BCUT2D eigenvalue weighted by Gasteiger charge is 2.48. The lowest BCUT2D eigenvalue weighted by Gasteiger charge is -2.42. The average Bonchev–Trinajstić information content (AvgIpc) is 3.21. The number of aromatic nitrogens is 1. The third kappa shape index (κ3) is 5.95. The topological polar surface area (TPSA) is 61.6 Å². The molecule has 4 rings (SSSR count). The number of hydrogen-bond acceptors (Lipinski definition) is 6. The Morgan fingerprint density at radius 2 is 1.89 bits per heavy atom. The summed E-state index contributed by atoms with van der Waals surface area (Å²) in [6, 6.07) is 9.76. The number of halogens is 3. The van der Waals surface area contributed by atoms with E-state index in [9.17, 15) is 13.2 Å². The van der Waals surface area contributed by atoms with Crippen molar-refractivity contribution in [1.29, 1.82) is 5.26 Å². The van der Waals surface area contributed by atoms with Crippen molar-refractivity contribution in [1.82, 2.24) is 9.88 Å². The van der Waals surface area contributed by atoms with Crippen LogP contribution in [0.25, 0.3) is 0 Å². The zero-order valence-electron chi connectivity index (χ0n) is 19.9. The van der Waals surface area contributed by atoms with E-state index in [1.165, 1.54) is 11.6 Å². The maximum Gasteiger partial charge on any atom is 0.417 e. The van der Waals surface area contributed by atoms with Crippen molar-refractivity contribution in [2.75, 3.05) is 58.0 Å². The van der Waals surface area contributed by atoms with Gasteiger partial charge in [-0.2, -0.15) is 18.4 Å². The standard InChI is InChI=1S/C26H31F3N4O2/c1-34-12-13-35-18-22-17-33(23-3-2-21(15-30)24(14-23)26(27,28)29)19-25(22)6-10-32(11-7-25)16-20-4-8-31-9-5-20/h2-5,8-9,14,22H,6-7,10-13,16-19H2,1H3. The molecule has 0 saturated carbocycles. The van der Waals surface area contributed by atoms with Crippen molar-refractivity contribution >= 4 is 5.69 Å². The first-order chi connectivity index (χ1) is 16.8. The Morgan fingerprint density at radius 1 is 1.14 bits per heavy atom. The molecule has 1 atom stereocenters. The Labute approximate surface area is 204 Å². The minimum atomic E-state index is -4.57. The molecule has 9 heteroatoms. The van der Waals surface area contributed by atoms with E-state index in [1.54, 1.807) is 31.6 Å². The van der Waals surface area contributed by atoms with E-state index in [-0.39, 0.29) is 16.9 Å². The van der Waals surface area contributed by atoms with Crippen molar-refractivity contribution in [3.63, 3.8) is 0 Å². The maximum absolute atomic E-state index is 13.6. The first-order valence-corrected chi connectivity index (χ1v) is 11.9. The second kappa shape index (κ2) is 10.9. The quantitative estimate of drug-likeness (QED) is 0.515. The van der Waals surface area contributed by atoms with E-state index in [2.05, 4.69) is 9.88 Å². The number of methoxy groups -OCH3 is 1. The molecule has 0 radical (unpaired) electrons. The molecule has 2 aliphatic heterocycles. The smallest absolute Gasteiger partial charge is 0.382 e. The molecule has 0 amide bonds. The summed E-state index contributed by atoms with van der Waals surface area (Å²) in [5, 5.41) is 9.15. The lowest BCUT2D eigenvalue weighted by atomic mass is 9.71. The molecule has 2 fully saturated rings. The van der Waals surface area contributed by atoms with Crippen LogP contribution in [-0.2, 0) is 22.2 Å². The Hall–Kier alpha value is -2.67. The van der Waals surface area contributed by atoms with E-state index in [4.69, 9.17) is 14.7 Å². The van der Waals surface area contributed by atoms with Gasteiger partial charge in [0.2, 0.25) is 0 Å². The fourth-order valence-electron chi connectivity index (χ4n) is 5.36. The Bertz CT molecular complexity index is 1020. The van der Waals surface area contributed by atoms with E-state index < -0.39 is 11.7 Å². The fraction of sp³-hybridized carbons (Fsp3) is 0.538. The summed E-state index contributed by atoms with van der Waals surface area (Å²) in [7, 11) is 1.63. The molecule has 2 aliphatic rings. The third-order valence-corrected chi connectivity index (χ3v) is 7.36. The lowest BCUT2D eigenvalue weighted by molar-refractivity contribution is -0.137. The second-order valence-corrected chi connectivity index (χ2v) is 9.48. The van der Waals surface area contributed by atoms with Gasteiger partial charge < -0.3 is 14.4 Å². The van der Waals surface area contributed by atoms with Gasteiger partial charge in [-0.15, -0.1) is 0 Å². The van der Waals surface area contributed by atoms with Crippen LogP contribution >= 0.6 is 0 Å². The van der Waals surface area contributed by atoms with Crippen LogP contribution < -0.4 is 4.90 Å². The number of anilines is 1. The van der Waals surface area contributed by atoms with E-state index in [0.29, 0.717) is 38.6 Å². The predicted octanol–water partition coefficient (Wildman–Crippen LogP) is 4.35. The van der Waals surface area contributed by atoms with Gasteiger partial charge in [-0.05, 0) is 67.2 Å². The van der Waals surface area contributed by atoms with Gasteiger partial charge in [0.1, 0.15) is 0 Å². The average molecular weight is 489 g/mol. The van der Waals surface area contributed by atoms with Crippen LogP contribution in [0.1, 0.15) is 29.5 Å². The molecule has 2 aromatic rings. The highest BCUT2D eigenvalue weighted by Crippen LogP contribution is 2.47. The highest BCUT2D eigenvalue weighted by atomic mass is 19.4. The molecule has 0 bridgehead atoms. The molecular formula is C26H31F3N4O2. The molecule has 1 spiro atoms. The number of rotatable bonds is 8. The largest absolute Gasteiger partial charge is 0.417 e. The van der Waals surface area contributed by atoms with Gasteiger partial charge in [0.25, 0.3) is 0 Å². The van der Waals surface area contributed by atoms with Gasteiger partial charge in [-0.3, -0.25) is 9.88 Å². The third-order valence-electron chi connectivity index (χ3n) is 7.36. The normalized spacial score (nSPS) is 20.3. The minimum Gasteiger partial charge on any atom is -0.382 e. The zero-order valence-corrected chi connectivity index (χ0v) is 19.9. The van der Waals surface area contributed by atoms with Crippen molar-refractivity contribution < 1.29 is 22.6 Å². The van der Waals surface area contributed by atoms with Crippen LogP contribution in [0, 0.1) is 22.7 Å². The van der Waals surface area contributed by atoms with Gasteiger partial charge in [-0.1, -0.05) is 0 Å². The number of nitrogens with zero attached hydrogens (tertiary/aromatic N) is 4. The van der Waals surface area contributed by atoms with Gasteiger partial charge in [-0.25, -0.2) is 0 Å². The number of piperidine rings is 1. The van der Waals surface area contributed by atoms with Crippen molar-refractivity contribution in [3.05, 3.63) is 59.4 Å². The molecule has 2 saturated heterocycles.